The minimum Gasteiger partial charge on any atom is -0.465 e. The lowest BCUT2D eigenvalue weighted by Gasteiger charge is -2.03. The first-order valence-corrected chi connectivity index (χ1v) is 7.98. The Hall–Kier alpha value is -1.34. The standard InChI is InChI=1S/C9H7IN6O2S2/c1-15-9(17)16(14-13-15)7-5(6(10)12-20-7)4-18-8-11-2-3-19-8/h2-3H,4H2,1H3/i2T. The number of ether oxygens (including phenoxy) is 1. The number of tetrazole rings is 1. The lowest BCUT2D eigenvalue weighted by Crippen LogP contribution is -2.22. The van der Waals surface area contributed by atoms with Gasteiger partial charge in [-0.15, -0.1) is 4.68 Å². The molecule has 104 valence electrons. The van der Waals surface area contributed by atoms with Crippen molar-refractivity contribution in [2.45, 2.75) is 6.61 Å². The van der Waals surface area contributed by atoms with E-state index in [2.05, 4.69) is 42.4 Å². The van der Waals surface area contributed by atoms with Crippen molar-refractivity contribution in [3.8, 4) is 10.2 Å². The average molecular weight is 424 g/mol. The van der Waals surface area contributed by atoms with Crippen LogP contribution in [0.15, 0.2) is 16.3 Å². The third kappa shape index (κ3) is 2.47. The lowest BCUT2D eigenvalue weighted by atomic mass is 10.4. The molecule has 0 spiro atoms. The van der Waals surface area contributed by atoms with E-state index in [0.717, 1.165) is 25.5 Å². The molecule has 0 radical (unpaired) electrons. The van der Waals surface area contributed by atoms with Gasteiger partial charge in [-0.1, -0.05) is 11.3 Å². The molecule has 0 aliphatic rings. The number of rotatable bonds is 4. The fourth-order valence-corrected chi connectivity index (χ4v) is 3.46. The zero-order valence-electron chi connectivity index (χ0n) is 11.0. The quantitative estimate of drug-likeness (QED) is 0.583. The Kier molecular flexibility index (Phi) is 3.46. The monoisotopic (exact) mass is 424 g/mol. The van der Waals surface area contributed by atoms with Crippen LogP contribution in [0.4, 0.5) is 0 Å². The number of thiazole rings is 1. The van der Waals surface area contributed by atoms with Crippen LogP contribution >= 0.6 is 45.5 Å². The third-order valence-electron chi connectivity index (χ3n) is 2.34. The van der Waals surface area contributed by atoms with E-state index in [-0.39, 0.29) is 18.5 Å². The minimum atomic E-state index is -0.348. The van der Waals surface area contributed by atoms with Crippen LogP contribution < -0.4 is 10.4 Å². The van der Waals surface area contributed by atoms with Gasteiger partial charge in [-0.3, -0.25) is 0 Å². The van der Waals surface area contributed by atoms with Crippen molar-refractivity contribution in [2.75, 3.05) is 0 Å². The first kappa shape index (κ1) is 12.4. The first-order chi connectivity index (χ1) is 10.1. The summed E-state index contributed by atoms with van der Waals surface area (Å²) in [5.74, 6) is 0. The van der Waals surface area contributed by atoms with Gasteiger partial charge in [-0.05, 0) is 44.6 Å². The molecular formula is C9H7IN6O2S2. The number of aromatic nitrogens is 6. The highest BCUT2D eigenvalue weighted by molar-refractivity contribution is 14.1. The molecule has 3 heterocycles. The van der Waals surface area contributed by atoms with Crippen LogP contribution in [0.3, 0.4) is 0 Å². The normalized spacial score (nSPS) is 11.6. The minimum absolute atomic E-state index is 0.165. The van der Waals surface area contributed by atoms with Crippen LogP contribution in [-0.2, 0) is 13.7 Å². The second-order valence-corrected chi connectivity index (χ2v) is 6.18. The predicted octanol–water partition coefficient (Wildman–Crippen LogP) is 1.06. The predicted molar refractivity (Wildman–Crippen MR) is 81.4 cm³/mol. The van der Waals surface area contributed by atoms with Gasteiger partial charge in [0, 0.05) is 18.6 Å². The van der Waals surface area contributed by atoms with Crippen molar-refractivity contribution in [3.05, 3.63) is 31.3 Å². The van der Waals surface area contributed by atoms with E-state index >= 15 is 0 Å². The van der Waals surface area contributed by atoms with Gasteiger partial charge in [0.25, 0.3) is 5.19 Å². The Bertz CT molecular complexity index is 840. The van der Waals surface area contributed by atoms with Crippen LogP contribution in [0.25, 0.3) is 5.00 Å². The fraction of sp³-hybridized carbons (Fsp3) is 0.222. The van der Waals surface area contributed by atoms with Gasteiger partial charge in [-0.2, -0.15) is 9.06 Å². The van der Waals surface area contributed by atoms with Crippen molar-refractivity contribution in [2.24, 2.45) is 7.05 Å². The van der Waals surface area contributed by atoms with Crippen LogP contribution in [-0.4, -0.2) is 29.1 Å². The molecule has 20 heavy (non-hydrogen) atoms. The number of hydrogen-bond acceptors (Lipinski definition) is 8. The molecule has 3 rings (SSSR count). The average Bonchev–Trinajstić information content (AvgIpc) is 3.11. The molecule has 0 unspecified atom stereocenters. The van der Waals surface area contributed by atoms with E-state index in [1.807, 2.05) is 0 Å². The van der Waals surface area contributed by atoms with Crippen molar-refractivity contribution in [3.63, 3.8) is 0 Å². The maximum atomic E-state index is 11.9. The molecule has 3 aromatic rings. The molecule has 3 aromatic heterocycles. The van der Waals surface area contributed by atoms with Crippen LogP contribution in [0, 0.1) is 3.70 Å². The van der Waals surface area contributed by atoms with Crippen molar-refractivity contribution in [1.82, 2.24) is 29.1 Å². The summed E-state index contributed by atoms with van der Waals surface area (Å²) in [6, 6.07) is 0. The summed E-state index contributed by atoms with van der Waals surface area (Å²) in [5.41, 5.74) is 0.393. The summed E-state index contributed by atoms with van der Waals surface area (Å²) < 4.78 is 20.2. The van der Waals surface area contributed by atoms with E-state index in [1.54, 1.807) is 5.38 Å². The van der Waals surface area contributed by atoms with Crippen molar-refractivity contribution < 1.29 is 6.11 Å². The summed E-state index contributed by atoms with van der Waals surface area (Å²) >= 11 is 4.47. The summed E-state index contributed by atoms with van der Waals surface area (Å²) in [6.07, 6.45) is 0.165. The molecule has 8 nitrogen and oxygen atoms in total. The van der Waals surface area contributed by atoms with Gasteiger partial charge in [0.1, 0.15) is 10.3 Å². The van der Waals surface area contributed by atoms with Crippen LogP contribution in [0.1, 0.15) is 6.93 Å². The van der Waals surface area contributed by atoms with Gasteiger partial charge in [-0.25, -0.2) is 9.78 Å². The van der Waals surface area contributed by atoms with Crippen LogP contribution in [0.2, 0.25) is 0 Å². The molecule has 11 heteroatoms. The molecule has 0 saturated carbocycles. The molecule has 0 aromatic carbocycles. The lowest BCUT2D eigenvalue weighted by molar-refractivity contribution is 0.303. The highest BCUT2D eigenvalue weighted by atomic mass is 127. The Labute approximate surface area is 135 Å². The smallest absolute Gasteiger partial charge is 0.369 e. The second kappa shape index (κ2) is 5.57. The van der Waals surface area contributed by atoms with Gasteiger partial charge in [0.2, 0.25) is 0 Å². The maximum absolute atomic E-state index is 11.9. The molecule has 0 atom stereocenters. The number of hydrogen-bond donors (Lipinski definition) is 0. The summed E-state index contributed by atoms with van der Waals surface area (Å²) in [5, 5.41) is 10.0. The molecular weight excluding hydrogens is 415 g/mol. The Morgan fingerprint density at radius 1 is 1.55 bits per heavy atom. The van der Waals surface area contributed by atoms with Crippen molar-refractivity contribution >= 4 is 45.5 Å². The topological polar surface area (TPSA) is 87.7 Å². The third-order valence-corrected chi connectivity index (χ3v) is 5.06. The molecule has 0 bridgehead atoms. The number of halogens is 1. The van der Waals surface area contributed by atoms with Gasteiger partial charge < -0.3 is 4.74 Å². The fourth-order valence-electron chi connectivity index (χ4n) is 1.39. The van der Waals surface area contributed by atoms with E-state index in [0.29, 0.717) is 10.2 Å². The largest absolute Gasteiger partial charge is 0.465 e. The summed E-state index contributed by atoms with van der Waals surface area (Å²) in [6.45, 7) is 0.195. The Morgan fingerprint density at radius 3 is 3.05 bits per heavy atom. The van der Waals surface area contributed by atoms with Gasteiger partial charge in [0.15, 0.2) is 5.00 Å². The van der Waals surface area contributed by atoms with Crippen molar-refractivity contribution in [1.29, 1.82) is 0 Å². The molecule has 0 amide bonds. The Morgan fingerprint density at radius 2 is 2.40 bits per heavy atom. The first-order valence-electron chi connectivity index (χ1n) is 5.74. The van der Waals surface area contributed by atoms with E-state index in [4.69, 9.17) is 6.11 Å². The second-order valence-electron chi connectivity index (χ2n) is 3.59. The highest BCUT2D eigenvalue weighted by Gasteiger charge is 2.18. The van der Waals surface area contributed by atoms with Crippen LogP contribution in [0.5, 0.6) is 5.19 Å². The zero-order chi connectivity index (χ0) is 15.0. The Balaban J connectivity index is 1.90. The van der Waals surface area contributed by atoms with E-state index in [9.17, 15) is 4.79 Å². The SMILES string of the molecule is [3H]c1csc(OCc2c(I)nsc2-n2nnn(C)c2=O)n1. The summed E-state index contributed by atoms with van der Waals surface area (Å²) in [4.78, 5) is 15.8. The molecule has 0 fully saturated rings. The number of nitrogens with zero attached hydrogens (tertiary/aromatic N) is 6. The van der Waals surface area contributed by atoms with Gasteiger partial charge in [0.05, 0.1) is 6.93 Å². The highest BCUT2D eigenvalue weighted by Crippen LogP contribution is 2.25. The van der Waals surface area contributed by atoms with E-state index < -0.39 is 0 Å². The molecule has 0 aliphatic carbocycles. The maximum Gasteiger partial charge on any atom is 0.369 e. The van der Waals surface area contributed by atoms with Gasteiger partial charge >= 0.3 is 5.69 Å². The zero-order valence-corrected chi connectivity index (χ0v) is 13.8. The van der Waals surface area contributed by atoms with E-state index in [1.165, 1.54) is 23.1 Å². The molecule has 0 saturated heterocycles. The number of aryl methyl sites for hydroxylation is 1. The summed E-state index contributed by atoms with van der Waals surface area (Å²) in [7, 11) is 1.53. The molecule has 0 N–H and O–H groups in total. The molecule has 0 aliphatic heterocycles.